The SMILES string of the molecule is CCC#CC[C@H](C)[C@H](O)C#C[C@@H]1[C@H]2C/C(=C/COCC(=O)O)C[C@H]2C[C@@H]1O. The first-order chi connectivity index (χ1) is 12.9. The Bertz CT molecular complexity index is 660. The van der Waals surface area contributed by atoms with Crippen LogP contribution in [0.1, 0.15) is 46.0 Å². The molecule has 0 bridgehead atoms. The van der Waals surface area contributed by atoms with E-state index in [0.717, 1.165) is 25.7 Å². The fourth-order valence-corrected chi connectivity index (χ4v) is 3.95. The molecule has 0 saturated heterocycles. The molecule has 148 valence electrons. The van der Waals surface area contributed by atoms with Crippen LogP contribution in [0.15, 0.2) is 11.6 Å². The molecule has 2 aliphatic rings. The normalized spacial score (nSPS) is 30.0. The molecule has 5 heteroatoms. The van der Waals surface area contributed by atoms with Crippen molar-refractivity contribution in [3.05, 3.63) is 11.6 Å². The first-order valence-electron chi connectivity index (χ1n) is 9.72. The van der Waals surface area contributed by atoms with Crippen LogP contribution < -0.4 is 0 Å². The zero-order chi connectivity index (χ0) is 19.8. The van der Waals surface area contributed by atoms with Gasteiger partial charge in [-0.2, -0.15) is 0 Å². The smallest absolute Gasteiger partial charge is 0.329 e. The number of carboxylic acid groups (broad SMARTS) is 1. The summed E-state index contributed by atoms with van der Waals surface area (Å²) in [5.41, 5.74) is 1.25. The number of fused-ring (bicyclic) bond motifs is 1. The Labute approximate surface area is 161 Å². The van der Waals surface area contributed by atoms with Crippen molar-refractivity contribution in [2.75, 3.05) is 13.2 Å². The average Bonchev–Trinajstić information content (AvgIpc) is 3.13. The molecule has 2 rings (SSSR count). The molecule has 0 aromatic rings. The van der Waals surface area contributed by atoms with Gasteiger partial charge in [-0.15, -0.1) is 11.8 Å². The standard InChI is InChI=1S/C22H30O5/c1-3-4-5-6-15(2)20(23)8-7-18-19-12-16(9-10-27-14-22(25)26)11-17(19)13-21(18)24/h9,15,17-21,23-24H,3,6,10-14H2,1-2H3,(H,25,26)/b16-9+/t15-,17-,18+,19-,20+,21-/m0/s1. The Morgan fingerprint density at radius 3 is 2.85 bits per heavy atom. The minimum atomic E-state index is -0.969. The molecule has 0 amide bonds. The van der Waals surface area contributed by atoms with Crippen molar-refractivity contribution in [1.29, 1.82) is 0 Å². The van der Waals surface area contributed by atoms with E-state index in [1.54, 1.807) is 0 Å². The number of aliphatic hydroxyl groups excluding tert-OH is 2. The van der Waals surface area contributed by atoms with Crippen LogP contribution in [-0.4, -0.2) is 46.7 Å². The molecular weight excluding hydrogens is 344 g/mol. The summed E-state index contributed by atoms with van der Waals surface area (Å²) in [6, 6.07) is 0. The Hall–Kier alpha value is -1.79. The van der Waals surface area contributed by atoms with Crippen molar-refractivity contribution >= 4 is 5.97 Å². The summed E-state index contributed by atoms with van der Waals surface area (Å²) in [5.74, 6) is 11.7. The lowest BCUT2D eigenvalue weighted by molar-refractivity contribution is -0.141. The maximum absolute atomic E-state index is 10.5. The van der Waals surface area contributed by atoms with Gasteiger partial charge in [0, 0.05) is 24.7 Å². The number of hydrogen-bond acceptors (Lipinski definition) is 4. The number of hydrogen-bond donors (Lipinski definition) is 3. The molecule has 0 heterocycles. The lowest BCUT2D eigenvalue weighted by atomic mass is 9.91. The van der Waals surface area contributed by atoms with Crippen LogP contribution in [0.25, 0.3) is 0 Å². The lowest BCUT2D eigenvalue weighted by Gasteiger charge is -2.16. The molecule has 2 saturated carbocycles. The number of allylic oxidation sites excluding steroid dienone is 1. The van der Waals surface area contributed by atoms with Gasteiger partial charge in [0.15, 0.2) is 0 Å². The number of carboxylic acids is 1. The summed E-state index contributed by atoms with van der Waals surface area (Å²) in [4.78, 5) is 10.5. The highest BCUT2D eigenvalue weighted by Gasteiger charge is 2.45. The van der Waals surface area contributed by atoms with Crippen molar-refractivity contribution in [2.24, 2.45) is 23.7 Å². The van der Waals surface area contributed by atoms with E-state index in [2.05, 4.69) is 23.7 Å². The molecule has 0 radical (unpaired) electrons. The van der Waals surface area contributed by atoms with Gasteiger partial charge in [-0.05, 0) is 31.1 Å². The molecule has 0 aliphatic heterocycles. The predicted octanol–water partition coefficient (Wildman–Crippen LogP) is 2.22. The van der Waals surface area contributed by atoms with Crippen molar-refractivity contribution < 1.29 is 24.9 Å². The van der Waals surface area contributed by atoms with Crippen LogP contribution in [0.2, 0.25) is 0 Å². The first-order valence-corrected chi connectivity index (χ1v) is 9.72. The maximum atomic E-state index is 10.5. The second-order valence-corrected chi connectivity index (χ2v) is 7.55. The Morgan fingerprint density at radius 1 is 1.37 bits per heavy atom. The summed E-state index contributed by atoms with van der Waals surface area (Å²) >= 11 is 0. The third-order valence-corrected chi connectivity index (χ3v) is 5.43. The van der Waals surface area contributed by atoms with E-state index in [1.807, 2.05) is 19.9 Å². The molecule has 3 N–H and O–H groups in total. The molecule has 0 aromatic heterocycles. The fourth-order valence-electron chi connectivity index (χ4n) is 3.95. The Kier molecular flexibility index (Phi) is 8.38. The van der Waals surface area contributed by atoms with Gasteiger partial charge in [0.05, 0.1) is 12.7 Å². The minimum absolute atomic E-state index is 0.0173. The lowest BCUT2D eigenvalue weighted by Crippen LogP contribution is -2.19. The van der Waals surface area contributed by atoms with Gasteiger partial charge in [-0.25, -0.2) is 4.79 Å². The monoisotopic (exact) mass is 374 g/mol. The van der Waals surface area contributed by atoms with Gasteiger partial charge < -0.3 is 20.1 Å². The molecule has 0 spiro atoms. The van der Waals surface area contributed by atoms with Gasteiger partial charge in [-0.1, -0.05) is 37.3 Å². The van der Waals surface area contributed by atoms with Gasteiger partial charge in [0.2, 0.25) is 0 Å². The van der Waals surface area contributed by atoms with Crippen molar-refractivity contribution in [2.45, 2.75) is 58.2 Å². The Morgan fingerprint density at radius 2 is 2.15 bits per heavy atom. The van der Waals surface area contributed by atoms with Crippen LogP contribution >= 0.6 is 0 Å². The van der Waals surface area contributed by atoms with Gasteiger partial charge >= 0.3 is 5.97 Å². The Balaban J connectivity index is 1.91. The second kappa shape index (κ2) is 10.5. The van der Waals surface area contributed by atoms with Crippen LogP contribution in [0.3, 0.4) is 0 Å². The number of rotatable bonds is 6. The highest BCUT2D eigenvalue weighted by Crippen LogP contribution is 2.49. The van der Waals surface area contributed by atoms with Crippen LogP contribution in [0, 0.1) is 47.4 Å². The summed E-state index contributed by atoms with van der Waals surface area (Å²) in [6.45, 7) is 3.94. The summed E-state index contributed by atoms with van der Waals surface area (Å²) in [6.07, 6.45) is 4.69. The van der Waals surface area contributed by atoms with E-state index >= 15 is 0 Å². The number of carbonyl (C=O) groups is 1. The highest BCUT2D eigenvalue weighted by atomic mass is 16.5. The van der Waals surface area contributed by atoms with Gasteiger partial charge in [0.25, 0.3) is 0 Å². The molecule has 2 aliphatic carbocycles. The third-order valence-electron chi connectivity index (χ3n) is 5.43. The van der Waals surface area contributed by atoms with E-state index in [-0.39, 0.29) is 18.4 Å². The quantitative estimate of drug-likeness (QED) is 0.377. The third kappa shape index (κ3) is 6.40. The van der Waals surface area contributed by atoms with Crippen LogP contribution in [-0.2, 0) is 9.53 Å². The van der Waals surface area contributed by atoms with E-state index in [1.165, 1.54) is 5.57 Å². The number of ether oxygens (including phenoxy) is 1. The van der Waals surface area contributed by atoms with Crippen molar-refractivity contribution in [3.8, 4) is 23.7 Å². The largest absolute Gasteiger partial charge is 0.480 e. The topological polar surface area (TPSA) is 87.0 Å². The minimum Gasteiger partial charge on any atom is -0.480 e. The molecular formula is C22H30O5. The van der Waals surface area contributed by atoms with E-state index in [0.29, 0.717) is 24.9 Å². The zero-order valence-electron chi connectivity index (χ0n) is 16.1. The van der Waals surface area contributed by atoms with E-state index in [4.69, 9.17) is 9.84 Å². The molecule has 27 heavy (non-hydrogen) atoms. The average molecular weight is 374 g/mol. The summed E-state index contributed by atoms with van der Waals surface area (Å²) in [7, 11) is 0. The van der Waals surface area contributed by atoms with Gasteiger partial charge in [0.1, 0.15) is 12.7 Å². The van der Waals surface area contributed by atoms with Crippen molar-refractivity contribution in [3.63, 3.8) is 0 Å². The van der Waals surface area contributed by atoms with Gasteiger partial charge in [-0.3, -0.25) is 0 Å². The predicted molar refractivity (Wildman–Crippen MR) is 102 cm³/mol. The van der Waals surface area contributed by atoms with Crippen LogP contribution in [0.4, 0.5) is 0 Å². The van der Waals surface area contributed by atoms with Crippen molar-refractivity contribution in [1.82, 2.24) is 0 Å². The zero-order valence-corrected chi connectivity index (χ0v) is 16.1. The molecule has 0 unspecified atom stereocenters. The number of aliphatic hydroxyl groups is 2. The second-order valence-electron chi connectivity index (χ2n) is 7.55. The summed E-state index contributed by atoms with van der Waals surface area (Å²) < 4.78 is 5.08. The first kappa shape index (κ1) is 21.5. The molecule has 6 atom stereocenters. The molecule has 5 nitrogen and oxygen atoms in total. The van der Waals surface area contributed by atoms with E-state index in [9.17, 15) is 15.0 Å². The molecule has 0 aromatic carbocycles. The van der Waals surface area contributed by atoms with E-state index < -0.39 is 18.2 Å². The highest BCUT2D eigenvalue weighted by molar-refractivity contribution is 5.68. The summed E-state index contributed by atoms with van der Waals surface area (Å²) in [5, 5.41) is 29.2. The fraction of sp³-hybridized carbons (Fsp3) is 0.682. The molecule has 2 fully saturated rings. The number of aliphatic carboxylic acids is 1. The maximum Gasteiger partial charge on any atom is 0.329 e. The van der Waals surface area contributed by atoms with Crippen LogP contribution in [0.5, 0.6) is 0 Å².